The molecule has 7 heteroatoms. The molecule has 1 spiro atoms. The van der Waals surface area contributed by atoms with Crippen LogP contribution in [0.15, 0.2) is 53.7 Å². The van der Waals surface area contributed by atoms with E-state index in [4.69, 9.17) is 9.57 Å². The van der Waals surface area contributed by atoms with E-state index in [9.17, 15) is 18.0 Å². The van der Waals surface area contributed by atoms with Crippen molar-refractivity contribution in [2.75, 3.05) is 0 Å². The number of carbonyl (C=O) groups is 1. The normalized spacial score (nSPS) is 22.1. The lowest BCUT2D eigenvalue weighted by Crippen LogP contribution is -2.26. The number of oxime groups is 1. The van der Waals surface area contributed by atoms with E-state index in [0.717, 1.165) is 6.07 Å². The van der Waals surface area contributed by atoms with Gasteiger partial charge in [0.2, 0.25) is 0 Å². The summed E-state index contributed by atoms with van der Waals surface area (Å²) in [7, 11) is 0. The van der Waals surface area contributed by atoms with Crippen molar-refractivity contribution in [1.82, 2.24) is 0 Å². The highest BCUT2D eigenvalue weighted by molar-refractivity contribution is 6.04. The quantitative estimate of drug-likeness (QED) is 0.745. The van der Waals surface area contributed by atoms with Gasteiger partial charge >= 0.3 is 17.9 Å². The molecule has 0 saturated heterocycles. The van der Waals surface area contributed by atoms with Crippen molar-refractivity contribution in [3.05, 3.63) is 70.8 Å². The molecular weight excluding hydrogens is 323 g/mol. The minimum atomic E-state index is -4.51. The molecule has 0 amide bonds. The number of nitrogens with zero attached hydrogens (tertiary/aromatic N) is 1. The summed E-state index contributed by atoms with van der Waals surface area (Å²) in [6.45, 7) is 0. The number of hydrogen-bond acceptors (Lipinski definition) is 4. The fraction of sp³-hybridized carbons (Fsp3) is 0.176. The van der Waals surface area contributed by atoms with Crippen LogP contribution in [0.25, 0.3) is 0 Å². The molecule has 24 heavy (non-hydrogen) atoms. The Bertz CT molecular complexity index is 875. The summed E-state index contributed by atoms with van der Waals surface area (Å²) in [6, 6.07) is 11.7. The predicted octanol–water partition coefficient (Wildman–Crippen LogP) is 3.85. The first-order chi connectivity index (χ1) is 11.4. The van der Waals surface area contributed by atoms with Crippen LogP contribution in [0.4, 0.5) is 13.2 Å². The van der Waals surface area contributed by atoms with Crippen LogP contribution >= 0.6 is 0 Å². The predicted molar refractivity (Wildman–Crippen MR) is 77.2 cm³/mol. The molecule has 0 radical (unpaired) electrons. The molecule has 4 rings (SSSR count). The van der Waals surface area contributed by atoms with Crippen LogP contribution in [0.3, 0.4) is 0 Å². The number of alkyl halides is 3. The Morgan fingerprint density at radius 1 is 1.00 bits per heavy atom. The molecule has 0 aliphatic carbocycles. The largest absolute Gasteiger partial charge is 0.417 e. The summed E-state index contributed by atoms with van der Waals surface area (Å²) in [4.78, 5) is 17.3. The van der Waals surface area contributed by atoms with Crippen LogP contribution in [0, 0.1) is 0 Å². The second kappa shape index (κ2) is 4.83. The third-order valence-corrected chi connectivity index (χ3v) is 4.06. The van der Waals surface area contributed by atoms with Crippen LogP contribution in [0.1, 0.15) is 33.5 Å². The SMILES string of the molecule is O=C1OC2(CC(c3ccccc3C(F)(F)F)=NO2)c2ccccc21. The number of halogens is 3. The van der Waals surface area contributed by atoms with Gasteiger partial charge in [0.1, 0.15) is 0 Å². The van der Waals surface area contributed by atoms with Crippen molar-refractivity contribution in [1.29, 1.82) is 0 Å². The number of benzene rings is 2. The molecule has 2 heterocycles. The number of hydrogen-bond donors (Lipinski definition) is 0. The monoisotopic (exact) mass is 333 g/mol. The molecule has 2 aromatic rings. The Labute approximate surface area is 134 Å². The Balaban J connectivity index is 1.74. The molecular formula is C17H10F3NO3. The molecule has 4 nitrogen and oxygen atoms in total. The van der Waals surface area contributed by atoms with Crippen molar-refractivity contribution in [3.8, 4) is 0 Å². The molecule has 2 aliphatic heterocycles. The Hall–Kier alpha value is -2.83. The lowest BCUT2D eigenvalue weighted by Gasteiger charge is -2.20. The summed E-state index contributed by atoms with van der Waals surface area (Å²) in [6.07, 6.45) is -4.60. The fourth-order valence-electron chi connectivity index (χ4n) is 2.99. The first-order valence-corrected chi connectivity index (χ1v) is 7.15. The molecule has 122 valence electrons. The second-order valence-corrected chi connectivity index (χ2v) is 5.54. The van der Waals surface area contributed by atoms with E-state index in [1.165, 1.54) is 18.2 Å². The third-order valence-electron chi connectivity index (χ3n) is 4.06. The first-order valence-electron chi connectivity index (χ1n) is 7.15. The molecule has 1 unspecified atom stereocenters. The third kappa shape index (κ3) is 2.08. The van der Waals surface area contributed by atoms with E-state index in [1.54, 1.807) is 24.3 Å². The number of ether oxygens (including phenoxy) is 1. The average Bonchev–Trinajstić information content (AvgIpc) is 3.10. The number of esters is 1. The smallest absolute Gasteiger partial charge is 0.412 e. The molecule has 1 atom stereocenters. The van der Waals surface area contributed by atoms with Crippen LogP contribution in [0.5, 0.6) is 0 Å². The lowest BCUT2D eigenvalue weighted by molar-refractivity contribution is -0.186. The zero-order valence-electron chi connectivity index (χ0n) is 12.1. The maximum absolute atomic E-state index is 13.2. The van der Waals surface area contributed by atoms with E-state index in [-0.39, 0.29) is 17.7 Å². The maximum Gasteiger partial charge on any atom is 0.417 e. The van der Waals surface area contributed by atoms with Gasteiger partial charge in [0.05, 0.1) is 28.8 Å². The topological polar surface area (TPSA) is 47.9 Å². The van der Waals surface area contributed by atoms with Gasteiger partial charge in [0.15, 0.2) is 0 Å². The Morgan fingerprint density at radius 3 is 2.42 bits per heavy atom. The molecule has 0 aromatic heterocycles. The summed E-state index contributed by atoms with van der Waals surface area (Å²) in [5.74, 6) is -2.06. The van der Waals surface area contributed by atoms with E-state index in [2.05, 4.69) is 5.16 Å². The van der Waals surface area contributed by atoms with Gasteiger partial charge in [0.25, 0.3) is 0 Å². The standard InChI is InChI=1S/C17H10F3NO3/c18-17(19,20)13-8-4-1-5-10(13)14-9-16(24-21-14)12-7-3-2-6-11(12)15(22)23-16/h1-8H,9H2. The van der Waals surface area contributed by atoms with Gasteiger partial charge in [-0.15, -0.1) is 0 Å². The summed E-state index contributed by atoms with van der Waals surface area (Å²) < 4.78 is 44.9. The minimum Gasteiger partial charge on any atom is -0.412 e. The fourth-order valence-corrected chi connectivity index (χ4v) is 2.99. The number of carbonyl (C=O) groups excluding carboxylic acids is 1. The average molecular weight is 333 g/mol. The highest BCUT2D eigenvalue weighted by Gasteiger charge is 2.53. The minimum absolute atomic E-state index is 0.0805. The molecule has 0 bridgehead atoms. The van der Waals surface area contributed by atoms with E-state index >= 15 is 0 Å². The van der Waals surface area contributed by atoms with Gasteiger partial charge in [-0.05, 0) is 12.1 Å². The Morgan fingerprint density at radius 2 is 1.67 bits per heavy atom. The number of fused-ring (bicyclic) bond motifs is 2. The lowest BCUT2D eigenvalue weighted by atomic mass is 9.93. The van der Waals surface area contributed by atoms with Crippen molar-refractivity contribution in [2.45, 2.75) is 18.4 Å². The second-order valence-electron chi connectivity index (χ2n) is 5.54. The van der Waals surface area contributed by atoms with Gasteiger partial charge < -0.3 is 9.57 Å². The van der Waals surface area contributed by atoms with E-state index < -0.39 is 23.5 Å². The highest BCUT2D eigenvalue weighted by atomic mass is 19.4. The van der Waals surface area contributed by atoms with Gasteiger partial charge in [-0.25, -0.2) is 4.79 Å². The summed E-state index contributed by atoms with van der Waals surface area (Å²) >= 11 is 0. The zero-order chi connectivity index (χ0) is 16.9. The first kappa shape index (κ1) is 14.7. The van der Waals surface area contributed by atoms with Crippen LogP contribution < -0.4 is 0 Å². The summed E-state index contributed by atoms with van der Waals surface area (Å²) in [5, 5.41) is 3.79. The van der Waals surface area contributed by atoms with Crippen LogP contribution in [-0.4, -0.2) is 11.7 Å². The highest BCUT2D eigenvalue weighted by Crippen LogP contribution is 2.45. The molecule has 2 aliphatic rings. The van der Waals surface area contributed by atoms with Crippen molar-refractivity contribution in [3.63, 3.8) is 0 Å². The molecule has 0 N–H and O–H groups in total. The van der Waals surface area contributed by atoms with Crippen molar-refractivity contribution >= 4 is 11.7 Å². The van der Waals surface area contributed by atoms with Crippen molar-refractivity contribution in [2.24, 2.45) is 5.16 Å². The maximum atomic E-state index is 13.2. The van der Waals surface area contributed by atoms with Gasteiger partial charge in [-0.3, -0.25) is 0 Å². The van der Waals surface area contributed by atoms with Crippen LogP contribution in [-0.2, 0) is 21.5 Å². The van der Waals surface area contributed by atoms with E-state index in [0.29, 0.717) is 11.1 Å². The van der Waals surface area contributed by atoms with Gasteiger partial charge in [-0.1, -0.05) is 41.6 Å². The van der Waals surface area contributed by atoms with Crippen LogP contribution in [0.2, 0.25) is 0 Å². The summed E-state index contributed by atoms with van der Waals surface area (Å²) in [5.41, 5.74) is 0.00744. The Kier molecular flexibility index (Phi) is 2.97. The molecule has 0 fully saturated rings. The molecule has 0 saturated carbocycles. The van der Waals surface area contributed by atoms with Gasteiger partial charge in [0, 0.05) is 5.56 Å². The zero-order valence-corrected chi connectivity index (χ0v) is 12.1. The number of rotatable bonds is 1. The van der Waals surface area contributed by atoms with Crippen molar-refractivity contribution < 1.29 is 27.5 Å². The molecule has 2 aromatic carbocycles. The van der Waals surface area contributed by atoms with E-state index in [1.807, 2.05) is 0 Å². The van der Waals surface area contributed by atoms with Gasteiger partial charge in [-0.2, -0.15) is 13.2 Å².